The average molecular weight is 1090 g/mol. The van der Waals surface area contributed by atoms with Crippen LogP contribution in [0.5, 0.6) is 0 Å². The minimum atomic E-state index is -1.59. The Bertz CT molecular complexity index is 1660. The molecule has 0 aromatic rings. The SMILES string of the molecule is CCCCC[C@@H]1C(=O)O[C@@H]([C@H](C)[C@H](O)CCCN=C(N)N)[C@H](C)/C=C(\C)CCCC[C@@H](O)C[C@@H](O)C[C@H](O)C[C@@H](O)C[C@H](O)[C@H](O[C@H]2O[C@H](CO)[C@@H](O)[C@@H]2O)/C=C(\C)[C@H](O)CCC[C@H](O)CCC[C@H](O)CC[C@@H](C)[C@H]1O. The summed E-state index contributed by atoms with van der Waals surface area (Å²) in [5.74, 6) is -2.64. The molecule has 2 aliphatic heterocycles. The maximum atomic E-state index is 14.3. The number of nitrogens with two attached hydrogens (primary N) is 2. The number of esters is 1. The molecule has 0 amide bonds. The van der Waals surface area contributed by atoms with Crippen LogP contribution in [0.1, 0.15) is 183 Å². The highest BCUT2D eigenvalue weighted by Gasteiger charge is 2.45. The molecule has 76 heavy (non-hydrogen) atoms. The van der Waals surface area contributed by atoms with Gasteiger partial charge in [0.2, 0.25) is 0 Å². The molecule has 0 spiro atoms. The third kappa shape index (κ3) is 26.7. The van der Waals surface area contributed by atoms with E-state index >= 15 is 0 Å². The molecule has 2 heterocycles. The minimum absolute atomic E-state index is 0.0264. The molecular weight excluding hydrogens is 987 g/mol. The van der Waals surface area contributed by atoms with Gasteiger partial charge in [-0.05, 0) is 134 Å². The molecule has 0 saturated carbocycles. The van der Waals surface area contributed by atoms with Gasteiger partial charge in [0.1, 0.15) is 30.5 Å². The van der Waals surface area contributed by atoms with E-state index in [1.165, 1.54) is 6.08 Å². The maximum absolute atomic E-state index is 14.3. The van der Waals surface area contributed by atoms with E-state index in [0.717, 1.165) is 18.4 Å². The number of hydrogen-bond donors (Lipinski definition) is 15. The summed E-state index contributed by atoms with van der Waals surface area (Å²) in [6.07, 6.45) is -6.40. The Labute approximate surface area is 453 Å². The summed E-state index contributed by atoms with van der Waals surface area (Å²) in [6.45, 7) is 11.0. The van der Waals surface area contributed by atoms with Crippen molar-refractivity contribution in [3.05, 3.63) is 23.3 Å². The van der Waals surface area contributed by atoms with Crippen LogP contribution in [-0.4, -0.2) is 189 Å². The van der Waals surface area contributed by atoms with Gasteiger partial charge in [-0.25, -0.2) is 0 Å². The lowest BCUT2D eigenvalue weighted by atomic mass is 9.83. The van der Waals surface area contributed by atoms with Gasteiger partial charge in [-0.15, -0.1) is 0 Å². The molecule has 446 valence electrons. The lowest BCUT2D eigenvalue weighted by Crippen LogP contribution is -2.42. The normalized spacial score (nSPS) is 38.4. The third-order valence-corrected chi connectivity index (χ3v) is 15.5. The molecule has 20 atom stereocenters. The number of hydrogen-bond acceptors (Lipinski definition) is 18. The van der Waals surface area contributed by atoms with Gasteiger partial charge in [0.25, 0.3) is 0 Å². The Kier molecular flexibility index (Phi) is 34.4. The van der Waals surface area contributed by atoms with Crippen molar-refractivity contribution in [1.82, 2.24) is 0 Å². The number of allylic oxidation sites excluding steroid dienone is 1. The highest BCUT2D eigenvalue weighted by Crippen LogP contribution is 2.32. The highest BCUT2D eigenvalue weighted by atomic mass is 16.7. The number of guanidine groups is 1. The minimum Gasteiger partial charge on any atom is -0.461 e. The number of aliphatic hydroxyl groups excluding tert-OH is 13. The van der Waals surface area contributed by atoms with Gasteiger partial charge < -0.3 is 92.1 Å². The number of rotatable bonds is 13. The summed E-state index contributed by atoms with van der Waals surface area (Å²) in [5.41, 5.74) is 12.4. The van der Waals surface area contributed by atoms with E-state index < -0.39 is 122 Å². The zero-order valence-corrected chi connectivity index (χ0v) is 46.7. The second-order valence-corrected chi connectivity index (χ2v) is 22.6. The van der Waals surface area contributed by atoms with Crippen LogP contribution in [0.15, 0.2) is 28.3 Å². The molecule has 0 aromatic carbocycles. The van der Waals surface area contributed by atoms with Crippen LogP contribution in [0.3, 0.4) is 0 Å². The zero-order chi connectivity index (χ0) is 57.1. The van der Waals surface area contributed by atoms with Crippen LogP contribution in [0, 0.1) is 23.7 Å². The van der Waals surface area contributed by atoms with Crippen molar-refractivity contribution in [1.29, 1.82) is 0 Å². The molecule has 2 aliphatic rings. The number of aliphatic hydroxyl groups is 13. The van der Waals surface area contributed by atoms with E-state index in [4.69, 9.17) is 25.7 Å². The lowest BCUT2D eigenvalue weighted by Gasteiger charge is -2.34. The van der Waals surface area contributed by atoms with E-state index in [2.05, 4.69) is 11.9 Å². The molecule has 1 fully saturated rings. The Morgan fingerprint density at radius 2 is 1.32 bits per heavy atom. The summed E-state index contributed by atoms with van der Waals surface area (Å²) in [5, 5.41) is 141. The predicted molar refractivity (Wildman–Crippen MR) is 289 cm³/mol. The number of carbonyl (C=O) groups excluding carboxylic acids is 1. The van der Waals surface area contributed by atoms with Crippen LogP contribution < -0.4 is 11.5 Å². The van der Waals surface area contributed by atoms with E-state index in [-0.39, 0.29) is 49.9 Å². The molecular formula is C56H105N3O17. The molecule has 17 N–H and O–H groups in total. The van der Waals surface area contributed by atoms with Gasteiger partial charge in [0.05, 0.1) is 73.6 Å². The van der Waals surface area contributed by atoms with Crippen LogP contribution >= 0.6 is 0 Å². The first-order valence-electron chi connectivity index (χ1n) is 28.6. The van der Waals surface area contributed by atoms with E-state index in [0.29, 0.717) is 108 Å². The van der Waals surface area contributed by atoms with Gasteiger partial charge in [0.15, 0.2) is 12.2 Å². The molecule has 20 nitrogen and oxygen atoms in total. The van der Waals surface area contributed by atoms with Crippen LogP contribution in [0.25, 0.3) is 0 Å². The fourth-order valence-electron chi connectivity index (χ4n) is 10.5. The molecule has 0 unspecified atom stereocenters. The number of unbranched alkanes of at least 4 members (excludes halogenated alkanes) is 2. The Morgan fingerprint density at radius 3 is 1.92 bits per heavy atom. The van der Waals surface area contributed by atoms with Crippen LogP contribution in [0.4, 0.5) is 0 Å². The van der Waals surface area contributed by atoms with Crippen molar-refractivity contribution >= 4 is 11.9 Å². The predicted octanol–water partition coefficient (Wildman–Crippen LogP) is 2.64. The molecule has 0 aliphatic carbocycles. The van der Waals surface area contributed by atoms with Crippen molar-refractivity contribution in [3.63, 3.8) is 0 Å². The Balaban J connectivity index is 2.35. The quantitative estimate of drug-likeness (QED) is 0.0414. The molecule has 0 radical (unpaired) electrons. The largest absolute Gasteiger partial charge is 0.461 e. The second-order valence-electron chi connectivity index (χ2n) is 22.6. The second kappa shape index (κ2) is 37.5. The van der Waals surface area contributed by atoms with Gasteiger partial charge in [0, 0.05) is 24.8 Å². The van der Waals surface area contributed by atoms with Crippen molar-refractivity contribution in [2.24, 2.45) is 40.1 Å². The number of nitrogens with zero attached hydrogens (tertiary/aromatic N) is 1. The summed E-state index contributed by atoms with van der Waals surface area (Å²) in [4.78, 5) is 18.3. The average Bonchev–Trinajstić information content (AvgIpc) is 3.62. The summed E-state index contributed by atoms with van der Waals surface area (Å²) >= 11 is 0. The van der Waals surface area contributed by atoms with Gasteiger partial charge >= 0.3 is 5.97 Å². The number of cyclic esters (lactones) is 1. The monoisotopic (exact) mass is 1090 g/mol. The number of aliphatic imine (C=N–C) groups is 1. The van der Waals surface area contributed by atoms with Gasteiger partial charge in [-0.3, -0.25) is 9.79 Å². The number of ether oxygens (including phenoxy) is 3. The highest BCUT2D eigenvalue weighted by molar-refractivity contribution is 5.75. The summed E-state index contributed by atoms with van der Waals surface area (Å²) in [6, 6.07) is 0. The van der Waals surface area contributed by atoms with Crippen LogP contribution in [0.2, 0.25) is 0 Å². The topological polar surface area (TPSA) is 372 Å². The first kappa shape index (κ1) is 69.7. The zero-order valence-electron chi connectivity index (χ0n) is 46.7. The fourth-order valence-corrected chi connectivity index (χ4v) is 10.5. The Morgan fingerprint density at radius 1 is 0.724 bits per heavy atom. The summed E-state index contributed by atoms with van der Waals surface area (Å²) in [7, 11) is 0. The lowest BCUT2D eigenvalue weighted by molar-refractivity contribution is -0.202. The smallest absolute Gasteiger partial charge is 0.311 e. The van der Waals surface area contributed by atoms with Crippen LogP contribution in [-0.2, 0) is 19.0 Å². The molecule has 2 rings (SSSR count). The first-order chi connectivity index (χ1) is 35.9. The maximum Gasteiger partial charge on any atom is 0.311 e. The first-order valence-corrected chi connectivity index (χ1v) is 28.6. The Hall–Kier alpha value is -2.38. The number of carbonyl (C=O) groups is 1. The van der Waals surface area contributed by atoms with E-state index in [9.17, 15) is 71.2 Å². The molecule has 1 saturated heterocycles. The van der Waals surface area contributed by atoms with E-state index in [1.807, 2.05) is 33.8 Å². The van der Waals surface area contributed by atoms with Crippen molar-refractivity contribution in [3.8, 4) is 0 Å². The van der Waals surface area contributed by atoms with Gasteiger partial charge in [-0.2, -0.15) is 0 Å². The van der Waals surface area contributed by atoms with Crippen molar-refractivity contribution < 1.29 is 85.4 Å². The van der Waals surface area contributed by atoms with Crippen molar-refractivity contribution in [2.75, 3.05) is 13.2 Å². The van der Waals surface area contributed by atoms with E-state index in [1.54, 1.807) is 6.92 Å². The standard InChI is InChI=1S/C56H105N3O17/c1-7-8-9-20-44-50(70)34(3)23-24-39(62)18-12-17-38(61)19-13-21-45(67)35(4)27-48(74-55-52(72)51(71)49(32-60)75-55)47(69)31-43(66)30-42(65)29-41(64)28-40(63)16-11-10-15-33(2)26-36(5)53(76-54(44)73)37(6)46(68)22-14-25-59-56(57)58/h26-27,34,36-53,55,60-72H,7-25,28-32H2,1-6H3,(H4,57,58,59)/b33-26+,35-27+/t34-,36-,37-,38-,39+,40-,41-,42+,43-,44+,45-,46-,47+,48-,49-,50-,51-,52+,53-,55+/m1/s1. The molecule has 0 bridgehead atoms. The molecule has 0 aromatic heterocycles. The van der Waals surface area contributed by atoms with Gasteiger partial charge in [-0.1, -0.05) is 71.1 Å². The molecule has 20 heteroatoms. The fraction of sp³-hybridized carbons (Fsp3) is 0.893. The third-order valence-electron chi connectivity index (χ3n) is 15.5. The van der Waals surface area contributed by atoms with Crippen molar-refractivity contribution in [2.45, 2.75) is 281 Å². The summed E-state index contributed by atoms with van der Waals surface area (Å²) < 4.78 is 17.7.